The van der Waals surface area contributed by atoms with Crippen LogP contribution in [0.5, 0.6) is 11.5 Å². The Morgan fingerprint density at radius 1 is 1.35 bits per heavy atom. The lowest BCUT2D eigenvalue weighted by Gasteiger charge is -2.26. The third kappa shape index (κ3) is 2.65. The summed E-state index contributed by atoms with van der Waals surface area (Å²) in [6.45, 7) is 2.30. The number of halogens is 1. The number of methoxy groups -OCH3 is 2. The molecular weight excluding hydrogens is 242 g/mol. The molecule has 94 valence electrons. The third-order valence-electron chi connectivity index (χ3n) is 2.75. The molecule has 1 aliphatic heterocycles. The molecule has 0 spiro atoms. The van der Waals surface area contributed by atoms with Crippen LogP contribution in [0.25, 0.3) is 0 Å². The van der Waals surface area contributed by atoms with Crippen molar-refractivity contribution in [2.75, 3.05) is 33.9 Å². The van der Waals surface area contributed by atoms with Crippen LogP contribution < -0.4 is 14.8 Å². The molecule has 1 aromatic rings. The Morgan fingerprint density at radius 3 is 2.76 bits per heavy atom. The van der Waals surface area contributed by atoms with Crippen molar-refractivity contribution in [1.82, 2.24) is 5.32 Å². The Hall–Kier alpha value is -0.970. The van der Waals surface area contributed by atoms with Gasteiger partial charge in [0.25, 0.3) is 0 Å². The molecule has 1 atom stereocenters. The predicted octanol–water partition coefficient (Wildman–Crippen LogP) is 2.02. The molecule has 1 aliphatic rings. The number of morpholine rings is 1. The fourth-order valence-corrected chi connectivity index (χ4v) is 2.18. The lowest BCUT2D eigenvalue weighted by molar-refractivity contribution is 0.0261. The Bertz CT molecular complexity index is 392. The molecule has 1 unspecified atom stereocenters. The fraction of sp³-hybridized carbons (Fsp3) is 0.500. The van der Waals surface area contributed by atoms with Crippen LogP contribution in [-0.2, 0) is 4.74 Å². The second-order valence-electron chi connectivity index (χ2n) is 3.79. The molecule has 0 aliphatic carbocycles. The van der Waals surface area contributed by atoms with Crippen LogP contribution in [-0.4, -0.2) is 33.9 Å². The highest BCUT2D eigenvalue weighted by Gasteiger charge is 2.22. The standard InChI is InChI=1S/C12H16ClNO3/c1-15-10-6-8(13)5-9(12(10)16-2)11-7-14-3-4-17-11/h5-6,11,14H,3-4,7H2,1-2H3. The number of hydrogen-bond acceptors (Lipinski definition) is 4. The van der Waals surface area contributed by atoms with E-state index in [2.05, 4.69) is 5.32 Å². The molecule has 17 heavy (non-hydrogen) atoms. The van der Waals surface area contributed by atoms with Crippen molar-refractivity contribution in [3.63, 3.8) is 0 Å². The van der Waals surface area contributed by atoms with Crippen LogP contribution in [0.4, 0.5) is 0 Å². The zero-order chi connectivity index (χ0) is 12.3. The van der Waals surface area contributed by atoms with Gasteiger partial charge in [0.2, 0.25) is 0 Å². The van der Waals surface area contributed by atoms with Crippen molar-refractivity contribution in [3.8, 4) is 11.5 Å². The minimum absolute atomic E-state index is 0.0497. The topological polar surface area (TPSA) is 39.7 Å². The van der Waals surface area contributed by atoms with E-state index in [1.807, 2.05) is 6.07 Å². The predicted molar refractivity (Wildman–Crippen MR) is 66.1 cm³/mol. The minimum atomic E-state index is -0.0497. The largest absolute Gasteiger partial charge is 0.493 e. The Morgan fingerprint density at radius 2 is 2.18 bits per heavy atom. The van der Waals surface area contributed by atoms with E-state index < -0.39 is 0 Å². The molecule has 0 aromatic heterocycles. The molecule has 0 saturated carbocycles. The van der Waals surface area contributed by atoms with Crippen LogP contribution in [0, 0.1) is 0 Å². The molecule has 0 amide bonds. The summed E-state index contributed by atoms with van der Waals surface area (Å²) >= 11 is 6.07. The maximum Gasteiger partial charge on any atom is 0.166 e. The normalized spacial score (nSPS) is 20.1. The van der Waals surface area contributed by atoms with Gasteiger partial charge in [0.05, 0.1) is 26.9 Å². The summed E-state index contributed by atoms with van der Waals surface area (Å²) in [6.07, 6.45) is -0.0497. The highest BCUT2D eigenvalue weighted by Crippen LogP contribution is 2.39. The van der Waals surface area contributed by atoms with Gasteiger partial charge in [-0.25, -0.2) is 0 Å². The number of nitrogens with one attached hydrogen (secondary N) is 1. The van der Waals surface area contributed by atoms with Crippen molar-refractivity contribution in [2.24, 2.45) is 0 Å². The van der Waals surface area contributed by atoms with Crippen LogP contribution in [0.1, 0.15) is 11.7 Å². The molecule has 0 bridgehead atoms. The van der Waals surface area contributed by atoms with Gasteiger partial charge < -0.3 is 19.5 Å². The summed E-state index contributed by atoms with van der Waals surface area (Å²) in [5, 5.41) is 3.89. The quantitative estimate of drug-likeness (QED) is 0.899. The highest BCUT2D eigenvalue weighted by atomic mass is 35.5. The third-order valence-corrected chi connectivity index (χ3v) is 2.97. The summed E-state index contributed by atoms with van der Waals surface area (Å²) < 4.78 is 16.4. The van der Waals surface area contributed by atoms with Gasteiger partial charge in [-0.3, -0.25) is 0 Å². The molecular formula is C12H16ClNO3. The fourth-order valence-electron chi connectivity index (χ4n) is 1.96. The smallest absolute Gasteiger partial charge is 0.166 e. The van der Waals surface area contributed by atoms with Crippen LogP contribution in [0.15, 0.2) is 12.1 Å². The Labute approximate surface area is 106 Å². The van der Waals surface area contributed by atoms with Gasteiger partial charge in [0, 0.05) is 29.7 Å². The van der Waals surface area contributed by atoms with Gasteiger partial charge in [-0.2, -0.15) is 0 Å². The number of ether oxygens (including phenoxy) is 3. The molecule has 1 fully saturated rings. The average molecular weight is 258 g/mol. The average Bonchev–Trinajstić information content (AvgIpc) is 2.38. The van der Waals surface area contributed by atoms with Gasteiger partial charge in [0.15, 0.2) is 11.5 Å². The van der Waals surface area contributed by atoms with Gasteiger partial charge in [-0.1, -0.05) is 11.6 Å². The molecule has 0 radical (unpaired) electrons. The summed E-state index contributed by atoms with van der Waals surface area (Å²) in [5.74, 6) is 1.31. The van der Waals surface area contributed by atoms with E-state index in [9.17, 15) is 0 Å². The first-order valence-corrected chi connectivity index (χ1v) is 5.87. The maximum absolute atomic E-state index is 6.07. The maximum atomic E-state index is 6.07. The first-order chi connectivity index (χ1) is 8.26. The summed E-state index contributed by atoms with van der Waals surface area (Å²) in [4.78, 5) is 0. The molecule has 1 N–H and O–H groups in total. The first kappa shape index (κ1) is 12.5. The van der Waals surface area contributed by atoms with Crippen LogP contribution in [0.2, 0.25) is 5.02 Å². The number of rotatable bonds is 3. The minimum Gasteiger partial charge on any atom is -0.493 e. The highest BCUT2D eigenvalue weighted by molar-refractivity contribution is 6.30. The summed E-state index contributed by atoms with van der Waals surface area (Å²) in [6, 6.07) is 3.60. The SMILES string of the molecule is COc1cc(Cl)cc(C2CNCCO2)c1OC. The van der Waals surface area contributed by atoms with E-state index >= 15 is 0 Å². The van der Waals surface area contributed by atoms with Crippen molar-refractivity contribution in [2.45, 2.75) is 6.10 Å². The van der Waals surface area contributed by atoms with Gasteiger partial charge >= 0.3 is 0 Å². The van der Waals surface area contributed by atoms with Gasteiger partial charge in [-0.15, -0.1) is 0 Å². The lowest BCUT2D eigenvalue weighted by atomic mass is 10.1. The van der Waals surface area contributed by atoms with Crippen molar-refractivity contribution >= 4 is 11.6 Å². The Kier molecular flexibility index (Phi) is 4.10. The Balaban J connectivity index is 2.39. The second-order valence-corrected chi connectivity index (χ2v) is 4.23. The van der Waals surface area contributed by atoms with Crippen molar-refractivity contribution < 1.29 is 14.2 Å². The van der Waals surface area contributed by atoms with E-state index in [0.717, 1.165) is 18.7 Å². The van der Waals surface area contributed by atoms with E-state index in [1.165, 1.54) is 0 Å². The molecule has 1 aromatic carbocycles. The van der Waals surface area contributed by atoms with E-state index in [-0.39, 0.29) is 6.10 Å². The van der Waals surface area contributed by atoms with Gasteiger partial charge in [-0.05, 0) is 6.07 Å². The van der Waals surface area contributed by atoms with Crippen molar-refractivity contribution in [3.05, 3.63) is 22.7 Å². The number of benzene rings is 1. The zero-order valence-corrected chi connectivity index (χ0v) is 10.7. The molecule has 1 heterocycles. The summed E-state index contributed by atoms with van der Waals surface area (Å²) in [5.41, 5.74) is 0.920. The van der Waals surface area contributed by atoms with Crippen molar-refractivity contribution in [1.29, 1.82) is 0 Å². The first-order valence-electron chi connectivity index (χ1n) is 5.50. The van der Waals surface area contributed by atoms with Crippen LogP contribution in [0.3, 0.4) is 0 Å². The molecule has 5 heteroatoms. The summed E-state index contributed by atoms with van der Waals surface area (Å²) in [7, 11) is 3.21. The van der Waals surface area contributed by atoms with E-state index in [1.54, 1.807) is 20.3 Å². The molecule has 4 nitrogen and oxygen atoms in total. The molecule has 1 saturated heterocycles. The van der Waals surface area contributed by atoms with Crippen LogP contribution >= 0.6 is 11.6 Å². The lowest BCUT2D eigenvalue weighted by Crippen LogP contribution is -2.33. The molecule has 2 rings (SSSR count). The zero-order valence-electron chi connectivity index (χ0n) is 9.96. The van der Waals surface area contributed by atoms with E-state index in [0.29, 0.717) is 23.1 Å². The van der Waals surface area contributed by atoms with E-state index in [4.69, 9.17) is 25.8 Å². The number of hydrogen-bond donors (Lipinski definition) is 1. The second kappa shape index (κ2) is 5.58. The van der Waals surface area contributed by atoms with Gasteiger partial charge in [0.1, 0.15) is 0 Å². The monoisotopic (exact) mass is 257 g/mol.